The molecule has 0 radical (unpaired) electrons. The van der Waals surface area contributed by atoms with Crippen LogP contribution in [0.2, 0.25) is 0 Å². The summed E-state index contributed by atoms with van der Waals surface area (Å²) >= 11 is 0. The minimum atomic E-state index is -0.744. The van der Waals surface area contributed by atoms with Crippen molar-refractivity contribution in [1.29, 1.82) is 0 Å². The highest BCUT2D eigenvalue weighted by atomic mass is 16.2. The van der Waals surface area contributed by atoms with E-state index in [1.807, 2.05) is 96.7 Å². The molecule has 1 aromatic carbocycles. The molecule has 1 saturated heterocycles. The van der Waals surface area contributed by atoms with Crippen molar-refractivity contribution in [3.63, 3.8) is 0 Å². The fraction of sp³-hybridized carbons (Fsp3) is 0.645. The Hall–Kier alpha value is -2.67. The summed E-state index contributed by atoms with van der Waals surface area (Å²) in [6.45, 7) is 17.4. The molecule has 1 aliphatic rings. The van der Waals surface area contributed by atoms with Crippen LogP contribution >= 0.6 is 0 Å². The van der Waals surface area contributed by atoms with Crippen LogP contribution in [0.15, 0.2) is 42.0 Å². The lowest BCUT2D eigenvalue weighted by Crippen LogP contribution is -2.61. The predicted molar refractivity (Wildman–Crippen MR) is 155 cm³/mol. The van der Waals surface area contributed by atoms with Crippen molar-refractivity contribution in [1.82, 2.24) is 20.4 Å². The van der Waals surface area contributed by atoms with Crippen molar-refractivity contribution in [2.24, 2.45) is 11.3 Å². The molecule has 2 rings (SSSR count). The second kappa shape index (κ2) is 12.9. The Labute approximate surface area is 230 Å². The molecule has 0 aromatic heterocycles. The Morgan fingerprint density at radius 1 is 0.974 bits per heavy atom. The molecule has 0 aliphatic carbocycles. The molecule has 7 nitrogen and oxygen atoms in total. The first-order chi connectivity index (χ1) is 17.6. The van der Waals surface area contributed by atoms with Gasteiger partial charge in [-0.05, 0) is 43.7 Å². The molecule has 1 fully saturated rings. The van der Waals surface area contributed by atoms with E-state index in [0.717, 1.165) is 31.5 Å². The van der Waals surface area contributed by atoms with Gasteiger partial charge in [-0.1, -0.05) is 84.9 Å². The van der Waals surface area contributed by atoms with Gasteiger partial charge in [-0.3, -0.25) is 14.4 Å². The highest BCUT2D eigenvalue weighted by Crippen LogP contribution is 2.29. The zero-order valence-corrected chi connectivity index (χ0v) is 25.2. The third kappa shape index (κ3) is 7.46. The lowest BCUT2D eigenvalue weighted by atomic mass is 9.76. The Bertz CT molecular complexity index is 988. The van der Waals surface area contributed by atoms with Crippen LogP contribution in [0, 0.1) is 11.3 Å². The molecule has 0 unspecified atom stereocenters. The third-order valence-electron chi connectivity index (χ3n) is 7.82. The number of nitrogens with zero attached hydrogens (tertiary/aromatic N) is 2. The Balaban J connectivity index is 2.31. The number of likely N-dealkylation sites (tertiary alicyclic amines) is 1. The van der Waals surface area contributed by atoms with E-state index in [-0.39, 0.29) is 29.7 Å². The molecule has 3 amide bonds. The quantitative estimate of drug-likeness (QED) is 0.449. The maximum Gasteiger partial charge on any atom is 0.249 e. The van der Waals surface area contributed by atoms with Gasteiger partial charge in [-0.15, -0.1) is 0 Å². The van der Waals surface area contributed by atoms with E-state index < -0.39 is 22.9 Å². The van der Waals surface area contributed by atoms with Crippen LogP contribution in [0.25, 0.3) is 0 Å². The summed E-state index contributed by atoms with van der Waals surface area (Å²) in [5.74, 6) is -0.270. The molecular formula is C31H50N4O3. The standard InChI is InChI=1S/C31H50N4O3/c1-21(2)24(20-22(3)28(37)35-18-14-15-19-35)34(10)29(38)26(30(4,5)6)33-27(36)25(32-9)31(7,8)23-16-12-11-13-17-23/h11-13,16-17,20-21,24-26,32H,14-15,18-19H2,1-10H3,(H,33,36)/b22-20+/t24-,25-,26-/m1/s1. The van der Waals surface area contributed by atoms with Crippen molar-refractivity contribution >= 4 is 17.7 Å². The fourth-order valence-corrected chi connectivity index (χ4v) is 5.33. The van der Waals surface area contributed by atoms with E-state index in [2.05, 4.69) is 10.6 Å². The van der Waals surface area contributed by atoms with E-state index in [1.165, 1.54) is 0 Å². The van der Waals surface area contributed by atoms with Crippen LogP contribution in [0.5, 0.6) is 0 Å². The number of rotatable bonds is 10. The third-order valence-corrected chi connectivity index (χ3v) is 7.82. The van der Waals surface area contributed by atoms with Crippen molar-refractivity contribution < 1.29 is 14.4 Å². The van der Waals surface area contributed by atoms with Gasteiger partial charge in [0.1, 0.15) is 6.04 Å². The van der Waals surface area contributed by atoms with Gasteiger partial charge in [0.05, 0.1) is 12.1 Å². The number of amides is 3. The molecule has 0 saturated carbocycles. The first kappa shape index (κ1) is 31.5. The van der Waals surface area contributed by atoms with E-state index >= 15 is 0 Å². The minimum absolute atomic E-state index is 0.0367. The lowest BCUT2D eigenvalue weighted by molar-refractivity contribution is -0.141. The minimum Gasteiger partial charge on any atom is -0.342 e. The predicted octanol–water partition coefficient (Wildman–Crippen LogP) is 4.13. The van der Waals surface area contributed by atoms with Gasteiger partial charge in [0.2, 0.25) is 17.7 Å². The molecule has 0 spiro atoms. The lowest BCUT2D eigenvalue weighted by Gasteiger charge is -2.40. The topological polar surface area (TPSA) is 81.8 Å². The highest BCUT2D eigenvalue weighted by molar-refractivity contribution is 5.94. The molecule has 3 atom stereocenters. The zero-order valence-electron chi connectivity index (χ0n) is 25.2. The van der Waals surface area contributed by atoms with Crippen LogP contribution < -0.4 is 10.6 Å². The van der Waals surface area contributed by atoms with Gasteiger partial charge in [0.15, 0.2) is 0 Å². The number of likely N-dealkylation sites (N-methyl/N-ethyl adjacent to an activating group) is 2. The molecule has 38 heavy (non-hydrogen) atoms. The van der Waals surface area contributed by atoms with Gasteiger partial charge >= 0.3 is 0 Å². The normalized spacial score (nSPS) is 17.2. The largest absolute Gasteiger partial charge is 0.342 e. The Morgan fingerprint density at radius 3 is 2.00 bits per heavy atom. The van der Waals surface area contributed by atoms with Gasteiger partial charge < -0.3 is 20.4 Å². The molecule has 0 bridgehead atoms. The monoisotopic (exact) mass is 526 g/mol. The maximum atomic E-state index is 14.0. The molecule has 2 N–H and O–H groups in total. The average molecular weight is 527 g/mol. The first-order valence-electron chi connectivity index (χ1n) is 13.9. The van der Waals surface area contributed by atoms with E-state index in [4.69, 9.17) is 0 Å². The van der Waals surface area contributed by atoms with Gasteiger partial charge in [-0.25, -0.2) is 0 Å². The SMILES string of the molecule is CN[C@H](C(=O)N[C@H](C(=O)N(C)[C@H](/C=C(\C)C(=O)N1CCCC1)C(C)C)C(C)(C)C)C(C)(C)c1ccccc1. The van der Waals surface area contributed by atoms with Crippen LogP contribution in [-0.4, -0.2) is 72.8 Å². The molecule has 212 valence electrons. The van der Waals surface area contributed by atoms with Crippen LogP contribution in [0.4, 0.5) is 0 Å². The number of hydrogen-bond acceptors (Lipinski definition) is 4. The molecule has 1 aromatic rings. The van der Waals surface area contributed by atoms with Gasteiger partial charge in [0.25, 0.3) is 0 Å². The average Bonchev–Trinajstić information content (AvgIpc) is 3.39. The van der Waals surface area contributed by atoms with Crippen LogP contribution in [-0.2, 0) is 19.8 Å². The second-order valence-corrected chi connectivity index (χ2v) is 12.6. The number of nitrogens with one attached hydrogen (secondary N) is 2. The number of carbonyl (C=O) groups is 3. The summed E-state index contributed by atoms with van der Waals surface area (Å²) in [7, 11) is 3.54. The first-order valence-corrected chi connectivity index (χ1v) is 13.9. The zero-order chi connectivity index (χ0) is 28.8. The smallest absolute Gasteiger partial charge is 0.249 e. The summed E-state index contributed by atoms with van der Waals surface area (Å²) in [6.07, 6.45) is 3.99. The number of carbonyl (C=O) groups excluding carboxylic acids is 3. The summed E-state index contributed by atoms with van der Waals surface area (Å²) in [4.78, 5) is 44.2. The second-order valence-electron chi connectivity index (χ2n) is 12.6. The fourth-order valence-electron chi connectivity index (χ4n) is 5.33. The summed E-state index contributed by atoms with van der Waals surface area (Å²) in [5.41, 5.74) is 0.658. The number of hydrogen-bond donors (Lipinski definition) is 2. The Kier molecular flexibility index (Phi) is 10.7. The van der Waals surface area contributed by atoms with E-state index in [0.29, 0.717) is 5.57 Å². The van der Waals surface area contributed by atoms with Crippen molar-refractivity contribution in [2.45, 2.75) is 91.8 Å². The molecular weight excluding hydrogens is 476 g/mol. The molecule has 1 heterocycles. The summed E-state index contributed by atoms with van der Waals surface area (Å²) < 4.78 is 0. The van der Waals surface area contributed by atoms with Gasteiger partial charge in [-0.2, -0.15) is 0 Å². The maximum absolute atomic E-state index is 14.0. The van der Waals surface area contributed by atoms with Crippen molar-refractivity contribution in [3.8, 4) is 0 Å². The van der Waals surface area contributed by atoms with E-state index in [1.54, 1.807) is 19.0 Å². The number of benzene rings is 1. The van der Waals surface area contributed by atoms with Crippen LogP contribution in [0.1, 0.15) is 73.8 Å². The Morgan fingerprint density at radius 2 is 1.53 bits per heavy atom. The van der Waals surface area contributed by atoms with Gasteiger partial charge in [0, 0.05) is 31.1 Å². The summed E-state index contributed by atoms with van der Waals surface area (Å²) in [5, 5.41) is 6.27. The van der Waals surface area contributed by atoms with Crippen LogP contribution in [0.3, 0.4) is 0 Å². The van der Waals surface area contributed by atoms with Crippen molar-refractivity contribution in [3.05, 3.63) is 47.5 Å². The molecule has 7 heteroatoms. The summed E-state index contributed by atoms with van der Waals surface area (Å²) in [6, 6.07) is 8.35. The van der Waals surface area contributed by atoms with E-state index in [9.17, 15) is 14.4 Å². The van der Waals surface area contributed by atoms with Crippen molar-refractivity contribution in [2.75, 3.05) is 27.2 Å². The molecule has 1 aliphatic heterocycles. The highest BCUT2D eigenvalue weighted by Gasteiger charge is 2.41.